The maximum atomic E-state index is 12.0. The predicted octanol–water partition coefficient (Wildman–Crippen LogP) is 4.42. The molecule has 2 rings (SSSR count). The molecule has 0 bridgehead atoms. The Balaban J connectivity index is 1.87. The molecule has 1 aromatic heterocycles. The van der Waals surface area contributed by atoms with E-state index in [1.807, 2.05) is 12.1 Å². The minimum atomic E-state index is -4.32. The molecule has 0 saturated heterocycles. The summed E-state index contributed by atoms with van der Waals surface area (Å²) in [4.78, 5) is 16.3. The molecule has 0 atom stereocenters. The van der Waals surface area contributed by atoms with E-state index in [0.29, 0.717) is 5.02 Å². The molecular formula is C14H12ClF3N2OS. The van der Waals surface area contributed by atoms with Crippen LogP contribution in [0.15, 0.2) is 30.5 Å². The Morgan fingerprint density at radius 1 is 1.27 bits per heavy atom. The molecule has 1 N–H and O–H groups in total. The summed E-state index contributed by atoms with van der Waals surface area (Å²) in [6.45, 7) is 0.169. The highest BCUT2D eigenvalue weighted by Gasteiger charge is 2.27. The average Bonchev–Trinajstić information content (AvgIpc) is 2.92. The van der Waals surface area contributed by atoms with Gasteiger partial charge in [-0.1, -0.05) is 23.7 Å². The Kier molecular flexibility index (Phi) is 5.42. The third kappa shape index (κ3) is 5.31. The summed E-state index contributed by atoms with van der Waals surface area (Å²) < 4.78 is 36.0. The molecule has 1 heterocycles. The van der Waals surface area contributed by atoms with Crippen LogP contribution in [0.5, 0.6) is 0 Å². The van der Waals surface area contributed by atoms with Gasteiger partial charge < -0.3 is 5.32 Å². The molecular weight excluding hydrogens is 337 g/mol. The highest BCUT2D eigenvalue weighted by molar-refractivity contribution is 7.15. The van der Waals surface area contributed by atoms with E-state index in [4.69, 9.17) is 11.6 Å². The second-order valence-corrected chi connectivity index (χ2v) is 6.08. The maximum absolute atomic E-state index is 12.0. The van der Waals surface area contributed by atoms with Gasteiger partial charge in [0.15, 0.2) is 0 Å². The van der Waals surface area contributed by atoms with Crippen LogP contribution in [0.3, 0.4) is 0 Å². The van der Waals surface area contributed by atoms with E-state index in [1.165, 1.54) is 11.3 Å². The Bertz CT molecular complexity index is 640. The monoisotopic (exact) mass is 348 g/mol. The van der Waals surface area contributed by atoms with Gasteiger partial charge >= 0.3 is 6.18 Å². The molecule has 0 saturated carbocycles. The first-order valence-electron chi connectivity index (χ1n) is 6.37. The molecule has 0 aliphatic heterocycles. The van der Waals surface area contributed by atoms with Crippen LogP contribution in [0.4, 0.5) is 13.2 Å². The van der Waals surface area contributed by atoms with Crippen LogP contribution in [-0.2, 0) is 11.3 Å². The van der Waals surface area contributed by atoms with E-state index in [9.17, 15) is 18.0 Å². The third-order valence-corrected chi connectivity index (χ3v) is 4.04. The number of carbonyl (C=O) groups excluding carboxylic acids is 1. The van der Waals surface area contributed by atoms with Crippen molar-refractivity contribution in [3.8, 4) is 10.6 Å². The Morgan fingerprint density at radius 2 is 1.95 bits per heavy atom. The lowest BCUT2D eigenvalue weighted by molar-refractivity contribution is -0.144. The van der Waals surface area contributed by atoms with Crippen molar-refractivity contribution in [2.45, 2.75) is 25.6 Å². The molecule has 0 unspecified atom stereocenters. The number of aromatic nitrogens is 1. The number of nitrogens with zero attached hydrogens (tertiary/aromatic N) is 1. The van der Waals surface area contributed by atoms with Gasteiger partial charge in [0, 0.05) is 28.1 Å². The molecule has 1 aromatic carbocycles. The van der Waals surface area contributed by atoms with Crippen LogP contribution in [-0.4, -0.2) is 17.1 Å². The van der Waals surface area contributed by atoms with Gasteiger partial charge in [-0.2, -0.15) is 13.2 Å². The highest BCUT2D eigenvalue weighted by atomic mass is 35.5. The fourth-order valence-corrected chi connectivity index (χ4v) is 2.63. The normalized spacial score (nSPS) is 11.5. The SMILES string of the molecule is O=C(CCC(F)(F)F)NCc1cnc(-c2ccc(Cl)cc2)s1. The van der Waals surface area contributed by atoms with Crippen molar-refractivity contribution in [3.63, 3.8) is 0 Å². The van der Waals surface area contributed by atoms with Gasteiger partial charge in [0.1, 0.15) is 5.01 Å². The molecule has 3 nitrogen and oxygen atoms in total. The van der Waals surface area contributed by atoms with Crippen molar-refractivity contribution in [3.05, 3.63) is 40.4 Å². The van der Waals surface area contributed by atoms with E-state index < -0.39 is 24.9 Å². The van der Waals surface area contributed by atoms with Gasteiger partial charge in [-0.15, -0.1) is 11.3 Å². The molecule has 0 spiro atoms. The van der Waals surface area contributed by atoms with E-state index in [2.05, 4.69) is 10.3 Å². The van der Waals surface area contributed by atoms with Gasteiger partial charge in [0.05, 0.1) is 13.0 Å². The average molecular weight is 349 g/mol. The number of amides is 1. The topological polar surface area (TPSA) is 42.0 Å². The number of halogens is 4. The minimum absolute atomic E-state index is 0.169. The van der Waals surface area contributed by atoms with Crippen molar-refractivity contribution in [1.82, 2.24) is 10.3 Å². The summed E-state index contributed by atoms with van der Waals surface area (Å²) in [6.07, 6.45) is -4.40. The van der Waals surface area contributed by atoms with Crippen LogP contribution < -0.4 is 5.32 Å². The summed E-state index contributed by atoms with van der Waals surface area (Å²) >= 11 is 7.17. The number of hydrogen-bond donors (Lipinski definition) is 1. The maximum Gasteiger partial charge on any atom is 0.389 e. The zero-order valence-corrected chi connectivity index (χ0v) is 12.9. The van der Waals surface area contributed by atoms with Crippen molar-refractivity contribution < 1.29 is 18.0 Å². The minimum Gasteiger partial charge on any atom is -0.351 e. The van der Waals surface area contributed by atoms with Gasteiger partial charge in [-0.05, 0) is 12.1 Å². The summed E-state index contributed by atoms with van der Waals surface area (Å²) in [5.74, 6) is -0.626. The summed E-state index contributed by atoms with van der Waals surface area (Å²) in [5, 5.41) is 3.84. The number of hydrogen-bond acceptors (Lipinski definition) is 3. The molecule has 118 valence electrons. The zero-order chi connectivity index (χ0) is 16.2. The summed E-state index contributed by atoms with van der Waals surface area (Å²) in [5.41, 5.74) is 0.893. The van der Waals surface area contributed by atoms with Gasteiger partial charge in [0.2, 0.25) is 5.91 Å². The zero-order valence-electron chi connectivity index (χ0n) is 11.3. The van der Waals surface area contributed by atoms with E-state index in [1.54, 1.807) is 18.3 Å². The fourth-order valence-electron chi connectivity index (χ4n) is 1.64. The Morgan fingerprint density at radius 3 is 2.59 bits per heavy atom. The molecule has 0 aliphatic carbocycles. The standard InChI is InChI=1S/C14H12ClF3N2OS/c15-10-3-1-9(2-4-10)13-20-8-11(22-13)7-19-12(21)5-6-14(16,17)18/h1-4,8H,5-7H2,(H,19,21). The van der Waals surface area contributed by atoms with Crippen molar-refractivity contribution >= 4 is 28.8 Å². The van der Waals surface area contributed by atoms with Gasteiger partial charge in [0.25, 0.3) is 0 Å². The van der Waals surface area contributed by atoms with Crippen molar-refractivity contribution in [2.75, 3.05) is 0 Å². The first-order chi connectivity index (χ1) is 10.3. The lowest BCUT2D eigenvalue weighted by Gasteiger charge is -2.06. The lowest BCUT2D eigenvalue weighted by Crippen LogP contribution is -2.24. The van der Waals surface area contributed by atoms with Crippen molar-refractivity contribution in [2.24, 2.45) is 0 Å². The van der Waals surface area contributed by atoms with Crippen LogP contribution in [0, 0.1) is 0 Å². The van der Waals surface area contributed by atoms with E-state index >= 15 is 0 Å². The second kappa shape index (κ2) is 7.11. The Labute approximate surface area is 134 Å². The molecule has 2 aromatic rings. The van der Waals surface area contributed by atoms with Gasteiger partial charge in [-0.25, -0.2) is 4.98 Å². The number of thiazole rings is 1. The van der Waals surface area contributed by atoms with Crippen molar-refractivity contribution in [1.29, 1.82) is 0 Å². The van der Waals surface area contributed by atoms with Crippen LogP contribution in [0.25, 0.3) is 10.6 Å². The lowest BCUT2D eigenvalue weighted by atomic mass is 10.2. The second-order valence-electron chi connectivity index (χ2n) is 4.53. The smallest absolute Gasteiger partial charge is 0.351 e. The highest BCUT2D eigenvalue weighted by Crippen LogP contribution is 2.26. The van der Waals surface area contributed by atoms with E-state index in [0.717, 1.165) is 15.4 Å². The Hall–Kier alpha value is -1.60. The predicted molar refractivity (Wildman–Crippen MR) is 79.7 cm³/mol. The number of rotatable bonds is 5. The fraction of sp³-hybridized carbons (Fsp3) is 0.286. The number of carbonyl (C=O) groups is 1. The van der Waals surface area contributed by atoms with E-state index in [-0.39, 0.29) is 6.54 Å². The van der Waals surface area contributed by atoms with Gasteiger partial charge in [-0.3, -0.25) is 4.79 Å². The van der Waals surface area contributed by atoms with Crippen LogP contribution in [0.2, 0.25) is 5.02 Å². The summed E-state index contributed by atoms with van der Waals surface area (Å²) in [6, 6.07) is 7.15. The number of alkyl halides is 3. The van der Waals surface area contributed by atoms with Crippen LogP contribution >= 0.6 is 22.9 Å². The number of nitrogens with one attached hydrogen (secondary N) is 1. The first kappa shape index (κ1) is 16.8. The molecule has 22 heavy (non-hydrogen) atoms. The molecule has 0 aliphatic rings. The largest absolute Gasteiger partial charge is 0.389 e. The number of benzene rings is 1. The molecule has 0 fully saturated rings. The summed E-state index contributed by atoms with van der Waals surface area (Å²) in [7, 11) is 0. The molecule has 1 amide bonds. The quantitative estimate of drug-likeness (QED) is 0.869. The molecule has 0 radical (unpaired) electrons. The first-order valence-corrected chi connectivity index (χ1v) is 7.57. The molecule has 8 heteroatoms. The third-order valence-electron chi connectivity index (χ3n) is 2.74. The van der Waals surface area contributed by atoms with Crippen LogP contribution in [0.1, 0.15) is 17.7 Å².